The molecule has 0 fully saturated rings. The Balaban J connectivity index is 2.72. The zero-order valence-electron chi connectivity index (χ0n) is 29.8. The number of methoxy groups -OCH3 is 1. The Bertz CT molecular complexity index is 1370. The van der Waals surface area contributed by atoms with Gasteiger partial charge in [0.25, 0.3) is 0 Å². The van der Waals surface area contributed by atoms with Crippen molar-refractivity contribution in [2.24, 2.45) is 5.11 Å². The Labute approximate surface area is 296 Å². The quantitative estimate of drug-likeness (QED) is 0.0236. The Kier molecular flexibility index (Phi) is 20.7. The minimum absolute atomic E-state index is 0.0110. The molecule has 0 unspecified atom stereocenters. The lowest BCUT2D eigenvalue weighted by Crippen LogP contribution is -2.43. The van der Waals surface area contributed by atoms with Gasteiger partial charge in [0.15, 0.2) is 0 Å². The summed E-state index contributed by atoms with van der Waals surface area (Å²) in [5, 5.41) is 6.12. The molecule has 50 heavy (non-hydrogen) atoms. The largest absolute Gasteiger partial charge is 0.497 e. The maximum absolute atomic E-state index is 13.4. The minimum atomic E-state index is -5.00. The molecule has 0 saturated heterocycles. The number of carbonyl (C=O) groups excluding carboxylic acids is 2. The standard InChI is InChI=1S/C33H54F3N7O5SSi/c1-6-20-41(22-11-24-42(23-10-19-39-40-37)32(45)33(34,35)36)21-7-8-25-43(49(46,47)27-28-50(3,4)5)26-9-18-38-31(44)17-14-29-12-15-30(48-2)16-13-29/h6,12-17H,1,7-11,18-28H2,2-5H3,(H,38,44)/b17-14+. The minimum Gasteiger partial charge on any atom is -0.497 e. The van der Waals surface area contributed by atoms with E-state index in [4.69, 9.17) is 10.3 Å². The van der Waals surface area contributed by atoms with Crippen LogP contribution in [0.1, 0.15) is 37.7 Å². The molecule has 17 heteroatoms. The van der Waals surface area contributed by atoms with Gasteiger partial charge < -0.3 is 15.0 Å². The number of hydrogen-bond donors (Lipinski definition) is 1. The molecule has 2 amide bonds. The third-order valence-electron chi connectivity index (χ3n) is 7.63. The van der Waals surface area contributed by atoms with Crippen molar-refractivity contribution in [1.82, 2.24) is 19.4 Å². The Hall–Kier alpha value is -3.37. The van der Waals surface area contributed by atoms with Crippen LogP contribution in [-0.2, 0) is 19.6 Å². The van der Waals surface area contributed by atoms with Gasteiger partial charge in [-0.1, -0.05) is 43.0 Å². The summed E-state index contributed by atoms with van der Waals surface area (Å²) in [6.45, 7) is 12.2. The lowest BCUT2D eigenvalue weighted by molar-refractivity contribution is -0.185. The normalized spacial score (nSPS) is 12.3. The summed E-state index contributed by atoms with van der Waals surface area (Å²) in [4.78, 5) is 29.6. The fourth-order valence-corrected chi connectivity index (χ4v) is 9.38. The van der Waals surface area contributed by atoms with Crippen LogP contribution in [0.4, 0.5) is 13.2 Å². The van der Waals surface area contributed by atoms with Crippen molar-refractivity contribution < 1.29 is 35.9 Å². The summed E-state index contributed by atoms with van der Waals surface area (Å²) >= 11 is 0. The average Bonchev–Trinajstić information content (AvgIpc) is 3.05. The van der Waals surface area contributed by atoms with Gasteiger partial charge in [-0.2, -0.15) is 13.2 Å². The monoisotopic (exact) mass is 745 g/mol. The summed E-state index contributed by atoms with van der Waals surface area (Å²) in [5.41, 5.74) is 9.23. The predicted octanol–water partition coefficient (Wildman–Crippen LogP) is 5.93. The van der Waals surface area contributed by atoms with E-state index in [0.717, 1.165) is 10.5 Å². The van der Waals surface area contributed by atoms with Gasteiger partial charge in [0.2, 0.25) is 15.9 Å². The molecular weight excluding hydrogens is 692 g/mol. The van der Waals surface area contributed by atoms with Crippen LogP contribution in [-0.4, -0.2) is 120 Å². The van der Waals surface area contributed by atoms with Crippen LogP contribution in [0, 0.1) is 0 Å². The molecule has 0 radical (unpaired) electrons. The van der Waals surface area contributed by atoms with Gasteiger partial charge in [-0.25, -0.2) is 12.7 Å². The molecule has 0 aliphatic heterocycles. The molecule has 0 heterocycles. The van der Waals surface area contributed by atoms with Gasteiger partial charge in [0.05, 0.1) is 12.9 Å². The summed E-state index contributed by atoms with van der Waals surface area (Å²) in [6.07, 6.45) is 1.84. The van der Waals surface area contributed by atoms with Crippen molar-refractivity contribution in [3.63, 3.8) is 0 Å². The smallest absolute Gasteiger partial charge is 0.471 e. The van der Waals surface area contributed by atoms with Crippen LogP contribution in [0.5, 0.6) is 5.75 Å². The molecule has 0 atom stereocenters. The fraction of sp³-hybridized carbons (Fsp3) is 0.636. The van der Waals surface area contributed by atoms with Crippen LogP contribution in [0.3, 0.4) is 0 Å². The van der Waals surface area contributed by atoms with Gasteiger partial charge in [-0.15, -0.1) is 6.58 Å². The van der Waals surface area contributed by atoms with E-state index >= 15 is 0 Å². The number of halogens is 3. The number of amides is 2. The molecule has 0 aliphatic carbocycles. The second kappa shape index (κ2) is 23.2. The van der Waals surface area contributed by atoms with Crippen LogP contribution < -0.4 is 10.1 Å². The van der Waals surface area contributed by atoms with Crippen molar-refractivity contribution in [1.29, 1.82) is 0 Å². The molecular formula is C33H54F3N7O5SSi. The third-order valence-corrected chi connectivity index (χ3v) is 11.6. The van der Waals surface area contributed by atoms with Crippen molar-refractivity contribution in [2.45, 2.75) is 64.0 Å². The first-order valence-electron chi connectivity index (χ1n) is 16.8. The summed E-state index contributed by atoms with van der Waals surface area (Å²) in [6, 6.07) is 7.88. The second-order valence-corrected chi connectivity index (χ2v) is 20.7. The molecule has 282 valence electrons. The topological polar surface area (TPSA) is 148 Å². The first kappa shape index (κ1) is 44.6. The first-order chi connectivity index (χ1) is 23.5. The molecule has 1 aromatic rings. The van der Waals surface area contributed by atoms with Gasteiger partial charge in [-0.3, -0.25) is 14.5 Å². The molecule has 1 N–H and O–H groups in total. The van der Waals surface area contributed by atoms with Crippen LogP contribution >= 0.6 is 0 Å². The van der Waals surface area contributed by atoms with E-state index in [0.29, 0.717) is 63.8 Å². The number of unbranched alkanes of at least 4 members (excludes halogenated alkanes) is 1. The lowest BCUT2D eigenvalue weighted by atomic mass is 10.2. The van der Waals surface area contributed by atoms with Crippen LogP contribution in [0.15, 0.2) is 48.1 Å². The molecule has 12 nitrogen and oxygen atoms in total. The van der Waals surface area contributed by atoms with Crippen LogP contribution in [0.25, 0.3) is 16.5 Å². The number of sulfonamides is 1. The maximum atomic E-state index is 13.4. The van der Waals surface area contributed by atoms with Crippen molar-refractivity contribution in [3.8, 4) is 5.75 Å². The first-order valence-corrected chi connectivity index (χ1v) is 22.1. The van der Waals surface area contributed by atoms with Gasteiger partial charge in [-0.05, 0) is 74.0 Å². The van der Waals surface area contributed by atoms with E-state index in [2.05, 4.69) is 41.6 Å². The van der Waals surface area contributed by atoms with Crippen molar-refractivity contribution in [3.05, 3.63) is 59.0 Å². The number of hydrogen-bond acceptors (Lipinski definition) is 7. The molecule has 0 aliphatic rings. The Morgan fingerprint density at radius 3 is 2.22 bits per heavy atom. The summed E-state index contributed by atoms with van der Waals surface area (Å²) < 4.78 is 72.7. The molecule has 0 bridgehead atoms. The fourth-order valence-electron chi connectivity index (χ4n) is 4.82. The summed E-state index contributed by atoms with van der Waals surface area (Å²) in [7, 11) is -3.57. The predicted molar refractivity (Wildman–Crippen MR) is 195 cm³/mol. The van der Waals surface area contributed by atoms with Gasteiger partial charge in [0, 0.05) is 71.4 Å². The SMILES string of the molecule is C=CCN(CCCCN(CCCNC(=O)/C=C/c1ccc(OC)cc1)S(=O)(=O)CC[Si](C)(C)C)CCCN(CCCN=[N+]=[N-])C(=O)C(F)(F)F. The Morgan fingerprint density at radius 2 is 1.62 bits per heavy atom. The second-order valence-electron chi connectivity index (χ2n) is 13.0. The number of alkyl halides is 3. The zero-order chi connectivity index (χ0) is 37.6. The van der Waals surface area contributed by atoms with Crippen molar-refractivity contribution in [2.75, 3.05) is 71.8 Å². The highest BCUT2D eigenvalue weighted by molar-refractivity contribution is 7.89. The van der Waals surface area contributed by atoms with E-state index in [1.807, 2.05) is 17.0 Å². The molecule has 0 aromatic heterocycles. The van der Waals surface area contributed by atoms with E-state index in [1.165, 1.54) is 10.4 Å². The van der Waals surface area contributed by atoms with E-state index in [1.54, 1.807) is 31.4 Å². The number of azide groups is 1. The van der Waals surface area contributed by atoms with E-state index in [9.17, 15) is 31.2 Å². The number of nitrogens with one attached hydrogen (secondary N) is 1. The van der Waals surface area contributed by atoms with Gasteiger partial charge >= 0.3 is 12.1 Å². The van der Waals surface area contributed by atoms with Crippen molar-refractivity contribution >= 4 is 36.0 Å². The maximum Gasteiger partial charge on any atom is 0.471 e. The number of ether oxygens (including phenoxy) is 1. The van der Waals surface area contributed by atoms with Gasteiger partial charge in [0.1, 0.15) is 5.75 Å². The van der Waals surface area contributed by atoms with Crippen LogP contribution in [0.2, 0.25) is 25.7 Å². The molecule has 1 aromatic carbocycles. The average molecular weight is 746 g/mol. The Morgan fingerprint density at radius 1 is 1.00 bits per heavy atom. The highest BCUT2D eigenvalue weighted by Crippen LogP contribution is 2.19. The molecule has 1 rings (SSSR count). The molecule has 0 saturated carbocycles. The molecule has 0 spiro atoms. The highest BCUT2D eigenvalue weighted by atomic mass is 32.2. The number of benzene rings is 1. The highest BCUT2D eigenvalue weighted by Gasteiger charge is 2.42. The van der Waals surface area contributed by atoms with E-state index in [-0.39, 0.29) is 50.7 Å². The zero-order valence-corrected chi connectivity index (χ0v) is 31.6. The summed E-state index contributed by atoms with van der Waals surface area (Å²) in [5.74, 6) is -1.42. The number of carbonyl (C=O) groups is 2. The lowest BCUT2D eigenvalue weighted by Gasteiger charge is -2.27. The number of rotatable bonds is 26. The third kappa shape index (κ3) is 19.7. The van der Waals surface area contributed by atoms with E-state index < -0.39 is 30.2 Å². The number of nitrogens with zero attached hydrogens (tertiary/aromatic N) is 6.